The van der Waals surface area contributed by atoms with Crippen LogP contribution in [0.25, 0.3) is 0 Å². The van der Waals surface area contributed by atoms with Crippen LogP contribution in [0.4, 0.5) is 5.69 Å². The van der Waals surface area contributed by atoms with E-state index in [0.717, 1.165) is 22.3 Å². The number of hydrogen-bond donors (Lipinski definition) is 1. The van der Waals surface area contributed by atoms with E-state index in [1.54, 1.807) is 30.3 Å². The number of aryl methyl sites for hydroxylation is 3. The molecule has 168 valence electrons. The molecule has 1 atom stereocenters. The average molecular weight is 451 g/mol. The zero-order chi connectivity index (χ0) is 23.3. The van der Waals surface area contributed by atoms with Crippen LogP contribution in [0.2, 0.25) is 0 Å². The molecule has 0 bridgehead atoms. The van der Waals surface area contributed by atoms with Crippen molar-refractivity contribution in [3.8, 4) is 0 Å². The largest absolute Gasteiger partial charge is 0.348 e. The van der Waals surface area contributed by atoms with Gasteiger partial charge in [-0.2, -0.15) is 0 Å². The summed E-state index contributed by atoms with van der Waals surface area (Å²) in [5, 5.41) is 3.00. The number of hydrogen-bond acceptors (Lipinski definition) is 3. The normalized spacial score (nSPS) is 12.2. The van der Waals surface area contributed by atoms with Gasteiger partial charge in [-0.25, -0.2) is 8.42 Å². The Labute approximate surface area is 191 Å². The molecule has 3 rings (SSSR count). The number of rotatable bonds is 8. The fraction of sp³-hybridized carbons (Fsp3) is 0.269. The first-order valence-electron chi connectivity index (χ1n) is 10.7. The fourth-order valence-corrected chi connectivity index (χ4v) is 4.92. The molecular weight excluding hydrogens is 420 g/mol. The van der Waals surface area contributed by atoms with Gasteiger partial charge in [-0.05, 0) is 68.1 Å². The van der Waals surface area contributed by atoms with Gasteiger partial charge >= 0.3 is 0 Å². The maximum absolute atomic E-state index is 13.5. The van der Waals surface area contributed by atoms with Gasteiger partial charge in [0.25, 0.3) is 10.0 Å². The molecule has 0 fully saturated rings. The number of amides is 1. The van der Waals surface area contributed by atoms with Crippen LogP contribution >= 0.6 is 0 Å². The van der Waals surface area contributed by atoms with Crippen LogP contribution in [0.1, 0.15) is 41.6 Å². The Kier molecular flexibility index (Phi) is 7.36. The third-order valence-electron chi connectivity index (χ3n) is 5.62. The van der Waals surface area contributed by atoms with Gasteiger partial charge in [0.1, 0.15) is 6.54 Å². The minimum absolute atomic E-state index is 0.157. The summed E-state index contributed by atoms with van der Waals surface area (Å²) >= 11 is 0. The minimum Gasteiger partial charge on any atom is -0.348 e. The van der Waals surface area contributed by atoms with Crippen LogP contribution in [0.5, 0.6) is 0 Å². The Morgan fingerprint density at radius 2 is 1.56 bits per heavy atom. The molecule has 0 radical (unpaired) electrons. The van der Waals surface area contributed by atoms with Crippen molar-refractivity contribution in [1.82, 2.24) is 5.32 Å². The van der Waals surface area contributed by atoms with Crippen LogP contribution in [-0.2, 0) is 14.8 Å². The topological polar surface area (TPSA) is 66.5 Å². The number of nitrogens with zero attached hydrogens (tertiary/aromatic N) is 1. The predicted molar refractivity (Wildman–Crippen MR) is 129 cm³/mol. The van der Waals surface area contributed by atoms with Crippen molar-refractivity contribution in [1.29, 1.82) is 0 Å². The molecule has 3 aromatic carbocycles. The predicted octanol–water partition coefficient (Wildman–Crippen LogP) is 5.07. The highest BCUT2D eigenvalue weighted by molar-refractivity contribution is 7.92. The Hall–Kier alpha value is -3.12. The first-order chi connectivity index (χ1) is 15.2. The summed E-state index contributed by atoms with van der Waals surface area (Å²) in [6.07, 6.45) is 0.699. The van der Waals surface area contributed by atoms with E-state index in [1.165, 1.54) is 4.31 Å². The van der Waals surface area contributed by atoms with Gasteiger partial charge in [0.05, 0.1) is 16.6 Å². The van der Waals surface area contributed by atoms with Crippen molar-refractivity contribution in [2.24, 2.45) is 0 Å². The van der Waals surface area contributed by atoms with Gasteiger partial charge in [0.2, 0.25) is 5.91 Å². The SMILES string of the molecule is CC[C@H](NC(=O)CN(c1ccc(C)c(C)c1)S(=O)(=O)c1ccc(C)cc1)c1ccccc1. The summed E-state index contributed by atoms with van der Waals surface area (Å²) in [6.45, 7) is 7.48. The maximum atomic E-state index is 13.5. The molecule has 0 spiro atoms. The standard InChI is InChI=1S/C26H30N2O3S/c1-5-25(22-9-7-6-8-10-22)27-26(29)18-28(23-14-13-20(3)21(4)17-23)32(30,31)24-15-11-19(2)12-16-24/h6-17,25H,5,18H2,1-4H3,(H,27,29)/t25-/m0/s1. The molecular formula is C26H30N2O3S. The summed E-state index contributed by atoms with van der Waals surface area (Å²) in [5.41, 5.74) is 4.44. The lowest BCUT2D eigenvalue weighted by Crippen LogP contribution is -2.42. The quantitative estimate of drug-likeness (QED) is 0.521. The van der Waals surface area contributed by atoms with E-state index in [0.29, 0.717) is 12.1 Å². The minimum atomic E-state index is -3.93. The highest BCUT2D eigenvalue weighted by Gasteiger charge is 2.28. The van der Waals surface area contributed by atoms with Crippen LogP contribution in [0.3, 0.4) is 0 Å². The molecule has 1 N–H and O–H groups in total. The monoisotopic (exact) mass is 450 g/mol. The second-order valence-electron chi connectivity index (χ2n) is 8.03. The Morgan fingerprint density at radius 3 is 2.16 bits per heavy atom. The van der Waals surface area contributed by atoms with Gasteiger partial charge in [0, 0.05) is 0 Å². The molecule has 0 aliphatic heterocycles. The highest BCUT2D eigenvalue weighted by atomic mass is 32.2. The lowest BCUT2D eigenvalue weighted by Gasteiger charge is -2.26. The first kappa shape index (κ1) is 23.5. The van der Waals surface area contributed by atoms with Crippen LogP contribution in [-0.4, -0.2) is 20.9 Å². The highest BCUT2D eigenvalue weighted by Crippen LogP contribution is 2.26. The molecule has 3 aromatic rings. The van der Waals surface area contributed by atoms with Crippen molar-refractivity contribution in [2.75, 3.05) is 10.8 Å². The Balaban J connectivity index is 1.94. The van der Waals surface area contributed by atoms with Gasteiger partial charge in [-0.1, -0.05) is 61.0 Å². The Bertz CT molecular complexity index is 1170. The molecule has 0 aliphatic carbocycles. The van der Waals surface area contributed by atoms with Crippen molar-refractivity contribution in [3.05, 3.63) is 95.1 Å². The second-order valence-corrected chi connectivity index (χ2v) is 9.89. The maximum Gasteiger partial charge on any atom is 0.264 e. The summed E-state index contributed by atoms with van der Waals surface area (Å²) < 4.78 is 28.3. The molecule has 5 nitrogen and oxygen atoms in total. The summed E-state index contributed by atoms with van der Waals surface area (Å²) in [7, 11) is -3.93. The van der Waals surface area contributed by atoms with E-state index in [9.17, 15) is 13.2 Å². The number of benzene rings is 3. The molecule has 0 saturated heterocycles. The Morgan fingerprint density at radius 1 is 0.906 bits per heavy atom. The van der Waals surface area contributed by atoms with E-state index >= 15 is 0 Å². The molecule has 1 amide bonds. The lowest BCUT2D eigenvalue weighted by molar-refractivity contribution is -0.120. The van der Waals surface area contributed by atoms with E-state index in [-0.39, 0.29) is 23.4 Å². The first-order valence-corrected chi connectivity index (χ1v) is 12.2. The van der Waals surface area contributed by atoms with Crippen LogP contribution in [0.15, 0.2) is 77.7 Å². The third-order valence-corrected chi connectivity index (χ3v) is 7.41. The number of carbonyl (C=O) groups is 1. The average Bonchev–Trinajstić information content (AvgIpc) is 2.78. The molecule has 32 heavy (non-hydrogen) atoms. The summed E-state index contributed by atoms with van der Waals surface area (Å²) in [4.78, 5) is 13.2. The van der Waals surface area contributed by atoms with E-state index in [4.69, 9.17) is 0 Å². The second kappa shape index (κ2) is 10.0. The fourth-order valence-electron chi connectivity index (χ4n) is 3.51. The van der Waals surface area contributed by atoms with Crippen LogP contribution < -0.4 is 9.62 Å². The molecule has 6 heteroatoms. The van der Waals surface area contributed by atoms with Crippen molar-refractivity contribution < 1.29 is 13.2 Å². The zero-order valence-corrected chi connectivity index (χ0v) is 19.8. The zero-order valence-electron chi connectivity index (χ0n) is 19.0. The summed E-state index contributed by atoms with van der Waals surface area (Å²) in [5.74, 6) is -0.352. The number of nitrogens with one attached hydrogen (secondary N) is 1. The van der Waals surface area contributed by atoms with Crippen molar-refractivity contribution in [2.45, 2.75) is 45.1 Å². The van der Waals surface area contributed by atoms with Gasteiger partial charge in [-0.3, -0.25) is 9.10 Å². The van der Waals surface area contributed by atoms with Gasteiger partial charge in [0.15, 0.2) is 0 Å². The lowest BCUT2D eigenvalue weighted by atomic mass is 10.0. The van der Waals surface area contributed by atoms with Gasteiger partial charge in [-0.15, -0.1) is 0 Å². The molecule has 0 unspecified atom stereocenters. The van der Waals surface area contributed by atoms with Gasteiger partial charge < -0.3 is 5.32 Å². The number of anilines is 1. The van der Waals surface area contributed by atoms with E-state index < -0.39 is 10.0 Å². The van der Waals surface area contributed by atoms with E-state index in [1.807, 2.05) is 70.2 Å². The third kappa shape index (κ3) is 5.37. The van der Waals surface area contributed by atoms with Crippen molar-refractivity contribution >= 4 is 21.6 Å². The number of sulfonamides is 1. The summed E-state index contributed by atoms with van der Waals surface area (Å²) in [6, 6.07) is 21.6. The van der Waals surface area contributed by atoms with E-state index in [2.05, 4.69) is 5.32 Å². The van der Waals surface area contributed by atoms with Crippen molar-refractivity contribution in [3.63, 3.8) is 0 Å². The van der Waals surface area contributed by atoms with Crippen LogP contribution in [0, 0.1) is 20.8 Å². The number of carbonyl (C=O) groups excluding carboxylic acids is 1. The molecule has 0 heterocycles. The molecule has 0 aromatic heterocycles. The molecule has 0 aliphatic rings. The smallest absolute Gasteiger partial charge is 0.264 e. The molecule has 0 saturated carbocycles.